The molecule has 0 heterocycles. The minimum absolute atomic E-state index is 0.332. The van der Waals surface area contributed by atoms with Gasteiger partial charge >= 0.3 is 0 Å². The molecule has 13 heavy (non-hydrogen) atoms. The molecule has 0 aromatic carbocycles. The van der Waals surface area contributed by atoms with Crippen LogP contribution in [0.15, 0.2) is 0 Å². The Morgan fingerprint density at radius 2 is 1.54 bits per heavy atom. The van der Waals surface area contributed by atoms with E-state index < -0.39 is 8.07 Å². The lowest BCUT2D eigenvalue weighted by Gasteiger charge is -2.11. The van der Waals surface area contributed by atoms with Gasteiger partial charge < -0.3 is 9.47 Å². The van der Waals surface area contributed by atoms with Gasteiger partial charge in [-0.15, -0.1) is 5.54 Å². The summed E-state index contributed by atoms with van der Waals surface area (Å²) >= 11 is 0. The monoisotopic (exact) mass is 201 g/mol. The van der Waals surface area contributed by atoms with Crippen LogP contribution < -0.4 is 0 Å². The maximum absolute atomic E-state index is 5.30. The molecule has 0 aliphatic heterocycles. The van der Waals surface area contributed by atoms with Gasteiger partial charge in [-0.3, -0.25) is 0 Å². The Kier molecular flexibility index (Phi) is 6.05. The van der Waals surface area contributed by atoms with Crippen molar-refractivity contribution in [3.63, 3.8) is 0 Å². The minimum atomic E-state index is -1.30. The van der Waals surface area contributed by atoms with Crippen LogP contribution in [0.1, 0.15) is 13.8 Å². The lowest BCUT2D eigenvalue weighted by molar-refractivity contribution is -0.0969. The molecule has 0 radical (unpaired) electrons. The highest BCUT2D eigenvalue weighted by molar-refractivity contribution is 6.83. The zero-order valence-corrected chi connectivity index (χ0v) is 10.3. The van der Waals surface area contributed by atoms with E-state index in [4.69, 9.17) is 9.47 Å². The first-order chi connectivity index (χ1) is 5.99. The predicted octanol–water partition coefficient (Wildman–Crippen LogP) is 2.27. The third-order valence-electron chi connectivity index (χ3n) is 1.20. The van der Waals surface area contributed by atoms with Crippen LogP contribution in [0.25, 0.3) is 0 Å². The van der Waals surface area contributed by atoms with Crippen LogP contribution in [-0.4, -0.2) is 27.6 Å². The van der Waals surface area contributed by atoms with E-state index >= 15 is 0 Å². The summed E-state index contributed by atoms with van der Waals surface area (Å²) in [5, 5.41) is 0. The molecular formula is C10H20O2Si. The summed E-state index contributed by atoms with van der Waals surface area (Å²) < 4.78 is 10.6. The Morgan fingerprint density at radius 1 is 1.08 bits per heavy atom. The highest BCUT2D eigenvalue weighted by Gasteiger charge is 2.09. The van der Waals surface area contributed by atoms with E-state index in [1.165, 1.54) is 0 Å². The second kappa shape index (κ2) is 6.20. The van der Waals surface area contributed by atoms with Gasteiger partial charge in [-0.25, -0.2) is 0 Å². The zero-order valence-electron chi connectivity index (χ0n) is 9.31. The molecule has 0 saturated heterocycles. The van der Waals surface area contributed by atoms with E-state index in [1.807, 2.05) is 13.8 Å². The van der Waals surface area contributed by atoms with Crippen LogP contribution in [0.2, 0.25) is 19.6 Å². The SMILES string of the molecule is CCO[13CH](C#C[Si](C)(C)C)OCC. The first kappa shape index (κ1) is 12.7. The second-order valence-electron chi connectivity index (χ2n) is 3.76. The fourth-order valence-corrected chi connectivity index (χ4v) is 1.26. The quantitative estimate of drug-likeness (QED) is 0.301. The Bertz CT molecular complexity index is 179. The molecule has 76 valence electrons. The largest absolute Gasteiger partial charge is 0.342 e. The van der Waals surface area contributed by atoms with Crippen LogP contribution in [0.3, 0.4) is 0 Å². The molecule has 0 spiro atoms. The van der Waals surface area contributed by atoms with Gasteiger partial charge in [0.15, 0.2) is 0 Å². The normalized spacial score (nSPS) is 11.2. The summed E-state index contributed by atoms with van der Waals surface area (Å²) in [6.07, 6.45) is -0.332. The summed E-state index contributed by atoms with van der Waals surface area (Å²) in [5.41, 5.74) is 3.23. The Balaban J connectivity index is 4.12. The van der Waals surface area contributed by atoms with E-state index in [-0.39, 0.29) is 6.29 Å². The van der Waals surface area contributed by atoms with Crippen molar-refractivity contribution in [2.75, 3.05) is 13.2 Å². The fraction of sp³-hybridized carbons (Fsp3) is 0.800. The average molecular weight is 201 g/mol. The van der Waals surface area contributed by atoms with Crippen molar-refractivity contribution < 1.29 is 9.47 Å². The molecule has 0 aromatic heterocycles. The molecule has 0 atom stereocenters. The van der Waals surface area contributed by atoms with Crippen molar-refractivity contribution in [1.29, 1.82) is 0 Å². The number of rotatable bonds is 4. The van der Waals surface area contributed by atoms with Crippen molar-refractivity contribution in [3.8, 4) is 11.5 Å². The van der Waals surface area contributed by atoms with Gasteiger partial charge in [-0.05, 0) is 19.8 Å². The summed E-state index contributed by atoms with van der Waals surface area (Å²) in [7, 11) is -1.30. The first-order valence-corrected chi connectivity index (χ1v) is 8.25. The lowest BCUT2D eigenvalue weighted by Crippen LogP contribution is -2.20. The molecule has 0 fully saturated rings. The van der Waals surface area contributed by atoms with Crippen molar-refractivity contribution in [2.24, 2.45) is 0 Å². The zero-order chi connectivity index (χ0) is 10.3. The smallest absolute Gasteiger partial charge is 0.221 e. The molecule has 0 saturated carbocycles. The van der Waals surface area contributed by atoms with E-state index in [2.05, 4.69) is 31.1 Å². The van der Waals surface area contributed by atoms with Crippen LogP contribution in [0.4, 0.5) is 0 Å². The fourth-order valence-electron chi connectivity index (χ4n) is 0.710. The Labute approximate surface area is 82.6 Å². The summed E-state index contributed by atoms with van der Waals surface area (Å²) in [5.74, 6) is 3.03. The van der Waals surface area contributed by atoms with Gasteiger partial charge in [0.25, 0.3) is 0 Å². The van der Waals surface area contributed by atoms with Crippen LogP contribution in [0, 0.1) is 11.5 Å². The molecular weight excluding hydrogens is 181 g/mol. The molecule has 0 N–H and O–H groups in total. The Hall–Kier alpha value is -0.303. The molecule has 2 nitrogen and oxygen atoms in total. The first-order valence-electron chi connectivity index (χ1n) is 4.75. The van der Waals surface area contributed by atoms with Crippen molar-refractivity contribution >= 4 is 8.07 Å². The third kappa shape index (κ3) is 8.04. The highest BCUT2D eigenvalue weighted by Crippen LogP contribution is 1.99. The summed E-state index contributed by atoms with van der Waals surface area (Å²) in [4.78, 5) is 0. The standard InChI is InChI=1S/C10H20O2Si/c1-6-11-10(12-7-2)8-9-13(3,4)5/h10H,6-7H2,1-5H3/i10+1. The molecule has 0 rings (SSSR count). The van der Waals surface area contributed by atoms with Gasteiger partial charge in [-0.1, -0.05) is 19.6 Å². The topological polar surface area (TPSA) is 18.5 Å². The van der Waals surface area contributed by atoms with E-state index in [0.717, 1.165) is 0 Å². The highest BCUT2D eigenvalue weighted by atomic mass is 28.3. The van der Waals surface area contributed by atoms with E-state index in [1.54, 1.807) is 0 Å². The van der Waals surface area contributed by atoms with Gasteiger partial charge in [0.1, 0.15) is 8.07 Å². The van der Waals surface area contributed by atoms with Gasteiger partial charge in [0, 0.05) is 13.2 Å². The second-order valence-corrected chi connectivity index (χ2v) is 8.51. The predicted molar refractivity (Wildman–Crippen MR) is 58.2 cm³/mol. The van der Waals surface area contributed by atoms with Gasteiger partial charge in [-0.2, -0.15) is 0 Å². The summed E-state index contributed by atoms with van der Waals surface area (Å²) in [6, 6.07) is 0. The molecule has 0 aliphatic carbocycles. The summed E-state index contributed by atoms with van der Waals surface area (Å²) in [6.45, 7) is 11.8. The molecule has 0 aromatic rings. The maximum Gasteiger partial charge on any atom is 0.221 e. The minimum Gasteiger partial charge on any atom is -0.342 e. The molecule has 0 unspecified atom stereocenters. The van der Waals surface area contributed by atoms with E-state index in [9.17, 15) is 0 Å². The van der Waals surface area contributed by atoms with Crippen LogP contribution in [-0.2, 0) is 9.47 Å². The molecule has 0 aliphatic rings. The number of ether oxygens (including phenoxy) is 2. The maximum atomic E-state index is 5.30. The van der Waals surface area contributed by atoms with Crippen LogP contribution >= 0.6 is 0 Å². The Morgan fingerprint density at radius 3 is 1.85 bits per heavy atom. The molecule has 0 amide bonds. The number of hydrogen-bond acceptors (Lipinski definition) is 2. The van der Waals surface area contributed by atoms with Gasteiger partial charge in [0.05, 0.1) is 0 Å². The van der Waals surface area contributed by atoms with Crippen LogP contribution in [0.5, 0.6) is 0 Å². The molecule has 3 heteroatoms. The van der Waals surface area contributed by atoms with E-state index in [0.29, 0.717) is 13.2 Å². The van der Waals surface area contributed by atoms with Crippen molar-refractivity contribution in [1.82, 2.24) is 0 Å². The average Bonchev–Trinajstić information content (AvgIpc) is 2.00. The molecule has 0 bridgehead atoms. The number of hydrogen-bond donors (Lipinski definition) is 0. The lowest BCUT2D eigenvalue weighted by atomic mass is 10.8. The van der Waals surface area contributed by atoms with Gasteiger partial charge in [0.2, 0.25) is 6.29 Å². The van der Waals surface area contributed by atoms with Crippen molar-refractivity contribution in [2.45, 2.75) is 39.8 Å². The third-order valence-corrected chi connectivity index (χ3v) is 2.10. The van der Waals surface area contributed by atoms with Crippen molar-refractivity contribution in [3.05, 3.63) is 0 Å².